The molecule has 2 heterocycles. The number of imide groups is 2. The van der Waals surface area contributed by atoms with Crippen LogP contribution in [0.5, 0.6) is 5.75 Å². The van der Waals surface area contributed by atoms with Gasteiger partial charge in [0.25, 0.3) is 11.8 Å². The van der Waals surface area contributed by atoms with E-state index in [1.54, 1.807) is 23.9 Å². The third-order valence-electron chi connectivity index (χ3n) is 5.22. The Morgan fingerprint density at radius 3 is 2.65 bits per heavy atom. The second-order valence-corrected chi connectivity index (χ2v) is 9.02. The van der Waals surface area contributed by atoms with Crippen molar-refractivity contribution in [2.45, 2.75) is 42.4 Å². The maximum Gasteiger partial charge on any atom is 0.335 e. The molecule has 0 radical (unpaired) electrons. The molecule has 2 aromatic rings. The smallest absolute Gasteiger partial charge is 0.335 e. The van der Waals surface area contributed by atoms with Crippen molar-refractivity contribution in [3.63, 3.8) is 0 Å². The second kappa shape index (κ2) is 9.20. The SMILES string of the molecule is COc1ccc(N2C(=O)NC(=O)C(=Cc3ccc(SC4CCCCC4)o3)C2=O)cc1Cl. The number of anilines is 1. The van der Waals surface area contributed by atoms with E-state index in [-0.39, 0.29) is 16.3 Å². The molecule has 0 unspecified atom stereocenters. The van der Waals surface area contributed by atoms with Crippen molar-refractivity contribution < 1.29 is 23.5 Å². The quantitative estimate of drug-likeness (QED) is 0.497. The minimum absolute atomic E-state index is 0.199. The molecule has 1 saturated carbocycles. The van der Waals surface area contributed by atoms with Crippen molar-refractivity contribution in [3.8, 4) is 5.75 Å². The van der Waals surface area contributed by atoms with E-state index in [2.05, 4.69) is 5.32 Å². The van der Waals surface area contributed by atoms with Crippen molar-refractivity contribution in [2.24, 2.45) is 0 Å². The van der Waals surface area contributed by atoms with E-state index in [1.807, 2.05) is 6.07 Å². The molecular formula is C22H21ClN2O5S. The minimum Gasteiger partial charge on any atom is -0.495 e. The van der Waals surface area contributed by atoms with Crippen LogP contribution in [-0.4, -0.2) is 30.2 Å². The van der Waals surface area contributed by atoms with Gasteiger partial charge in [-0.2, -0.15) is 0 Å². The Balaban J connectivity index is 1.57. The molecule has 1 aromatic heterocycles. The highest BCUT2D eigenvalue weighted by Crippen LogP contribution is 2.35. The van der Waals surface area contributed by atoms with Crippen LogP contribution in [0.4, 0.5) is 10.5 Å². The second-order valence-electron chi connectivity index (χ2n) is 7.31. The number of hydrogen-bond donors (Lipinski definition) is 1. The zero-order chi connectivity index (χ0) is 22.0. The summed E-state index contributed by atoms with van der Waals surface area (Å²) >= 11 is 7.81. The highest BCUT2D eigenvalue weighted by atomic mass is 35.5. The van der Waals surface area contributed by atoms with Gasteiger partial charge in [0, 0.05) is 5.25 Å². The largest absolute Gasteiger partial charge is 0.495 e. The van der Waals surface area contributed by atoms with E-state index in [0.29, 0.717) is 16.8 Å². The minimum atomic E-state index is -0.846. The molecule has 0 atom stereocenters. The molecule has 31 heavy (non-hydrogen) atoms. The number of nitrogens with zero attached hydrogens (tertiary/aromatic N) is 1. The molecule has 1 saturated heterocycles. The molecule has 2 aliphatic rings. The molecule has 4 amide bonds. The number of nitrogens with one attached hydrogen (secondary N) is 1. The Labute approximate surface area is 188 Å². The molecular weight excluding hydrogens is 440 g/mol. The lowest BCUT2D eigenvalue weighted by atomic mass is 10.0. The highest BCUT2D eigenvalue weighted by molar-refractivity contribution is 7.99. The molecule has 0 bridgehead atoms. The van der Waals surface area contributed by atoms with Gasteiger partial charge in [-0.05, 0) is 49.2 Å². The van der Waals surface area contributed by atoms with E-state index < -0.39 is 17.8 Å². The van der Waals surface area contributed by atoms with Gasteiger partial charge in [-0.3, -0.25) is 14.9 Å². The molecule has 4 rings (SSSR count). The summed E-state index contributed by atoms with van der Waals surface area (Å²) in [6.07, 6.45) is 7.40. The molecule has 7 nitrogen and oxygen atoms in total. The fourth-order valence-electron chi connectivity index (χ4n) is 3.65. The monoisotopic (exact) mass is 460 g/mol. The van der Waals surface area contributed by atoms with Gasteiger partial charge < -0.3 is 9.15 Å². The van der Waals surface area contributed by atoms with Crippen LogP contribution in [0.1, 0.15) is 37.9 Å². The fraction of sp³-hybridized carbons (Fsp3) is 0.318. The van der Waals surface area contributed by atoms with Crippen LogP contribution in [-0.2, 0) is 9.59 Å². The first kappa shape index (κ1) is 21.5. The number of carbonyl (C=O) groups excluding carboxylic acids is 3. The third kappa shape index (κ3) is 4.65. The van der Waals surface area contributed by atoms with Crippen LogP contribution in [0.3, 0.4) is 0 Å². The van der Waals surface area contributed by atoms with Gasteiger partial charge in [0.1, 0.15) is 17.1 Å². The first-order chi connectivity index (χ1) is 15.0. The van der Waals surface area contributed by atoms with Crippen LogP contribution in [0, 0.1) is 0 Å². The normalized spacial score (nSPS) is 19.1. The van der Waals surface area contributed by atoms with Crippen LogP contribution in [0.25, 0.3) is 6.08 Å². The molecule has 9 heteroatoms. The molecule has 1 N–H and O–H groups in total. The van der Waals surface area contributed by atoms with Crippen molar-refractivity contribution in [3.05, 3.63) is 46.7 Å². The number of halogens is 1. The average Bonchev–Trinajstić information content (AvgIpc) is 3.19. The van der Waals surface area contributed by atoms with Crippen LogP contribution < -0.4 is 15.0 Å². The van der Waals surface area contributed by atoms with Crippen molar-refractivity contribution in [1.29, 1.82) is 0 Å². The van der Waals surface area contributed by atoms with Gasteiger partial charge in [-0.1, -0.05) is 42.6 Å². The molecule has 1 aromatic carbocycles. The number of amides is 4. The lowest BCUT2D eigenvalue weighted by Crippen LogP contribution is -2.54. The molecule has 1 aliphatic heterocycles. The average molecular weight is 461 g/mol. The van der Waals surface area contributed by atoms with Crippen LogP contribution in [0.2, 0.25) is 5.02 Å². The summed E-state index contributed by atoms with van der Waals surface area (Å²) in [7, 11) is 1.46. The number of barbiturate groups is 1. The predicted octanol–water partition coefficient (Wildman–Crippen LogP) is 5.03. The maximum atomic E-state index is 13.0. The maximum absolute atomic E-state index is 13.0. The van der Waals surface area contributed by atoms with Gasteiger partial charge in [-0.15, -0.1) is 0 Å². The fourth-order valence-corrected chi connectivity index (χ4v) is 5.09. The third-order valence-corrected chi connectivity index (χ3v) is 6.77. The Hall–Kier alpha value is -2.71. The summed E-state index contributed by atoms with van der Waals surface area (Å²) in [6, 6.07) is 7.19. The summed E-state index contributed by atoms with van der Waals surface area (Å²) in [4.78, 5) is 38.6. The number of urea groups is 1. The van der Waals surface area contributed by atoms with E-state index in [0.717, 1.165) is 22.8 Å². The van der Waals surface area contributed by atoms with Crippen LogP contribution in [0.15, 0.2) is 45.4 Å². The van der Waals surface area contributed by atoms with Gasteiger partial charge >= 0.3 is 6.03 Å². The van der Waals surface area contributed by atoms with Gasteiger partial charge in [0.2, 0.25) is 0 Å². The summed E-state index contributed by atoms with van der Waals surface area (Å²) < 4.78 is 10.9. The number of thioether (sulfide) groups is 1. The summed E-state index contributed by atoms with van der Waals surface area (Å²) in [6.45, 7) is 0. The summed E-state index contributed by atoms with van der Waals surface area (Å²) in [5, 5.41) is 3.69. The predicted molar refractivity (Wildman–Crippen MR) is 118 cm³/mol. The Kier molecular flexibility index (Phi) is 6.38. The first-order valence-electron chi connectivity index (χ1n) is 9.98. The Bertz CT molecular complexity index is 1060. The number of carbonyl (C=O) groups is 3. The Morgan fingerprint density at radius 1 is 1.16 bits per heavy atom. The number of hydrogen-bond acceptors (Lipinski definition) is 6. The highest BCUT2D eigenvalue weighted by Gasteiger charge is 2.37. The summed E-state index contributed by atoms with van der Waals surface area (Å²) in [5.74, 6) is -0.754. The molecule has 2 fully saturated rings. The van der Waals surface area contributed by atoms with Gasteiger partial charge in [0.05, 0.1) is 17.8 Å². The number of ether oxygens (including phenoxy) is 1. The molecule has 0 spiro atoms. The lowest BCUT2D eigenvalue weighted by molar-refractivity contribution is -0.122. The number of rotatable bonds is 5. The van der Waals surface area contributed by atoms with Crippen molar-refractivity contribution >= 4 is 53.0 Å². The number of methoxy groups -OCH3 is 1. The summed E-state index contributed by atoms with van der Waals surface area (Å²) in [5.41, 5.74) is 0.0230. The first-order valence-corrected chi connectivity index (χ1v) is 11.2. The molecule has 1 aliphatic carbocycles. The van der Waals surface area contributed by atoms with Gasteiger partial charge in [-0.25, -0.2) is 9.69 Å². The number of benzene rings is 1. The van der Waals surface area contributed by atoms with Crippen LogP contribution >= 0.6 is 23.4 Å². The Morgan fingerprint density at radius 2 is 1.94 bits per heavy atom. The zero-order valence-corrected chi connectivity index (χ0v) is 18.4. The molecule has 162 valence electrons. The van der Waals surface area contributed by atoms with E-state index in [1.165, 1.54) is 44.6 Å². The lowest BCUT2D eigenvalue weighted by Gasteiger charge is -2.26. The van der Waals surface area contributed by atoms with E-state index in [4.69, 9.17) is 20.8 Å². The van der Waals surface area contributed by atoms with Gasteiger partial charge in [0.15, 0.2) is 5.09 Å². The van der Waals surface area contributed by atoms with Crippen molar-refractivity contribution in [1.82, 2.24) is 5.32 Å². The number of furan rings is 1. The topological polar surface area (TPSA) is 88.8 Å². The standard InChI is InChI=1S/C22H21ClN2O5S/c1-29-18-9-7-13(11-17(18)23)25-21(27)16(20(26)24-22(25)28)12-14-8-10-19(30-14)31-15-5-3-2-4-6-15/h7-12,15H,2-6H2,1H3,(H,24,26,28). The zero-order valence-electron chi connectivity index (χ0n) is 16.9. The van der Waals surface area contributed by atoms with E-state index in [9.17, 15) is 14.4 Å². The van der Waals surface area contributed by atoms with Crippen molar-refractivity contribution in [2.75, 3.05) is 12.0 Å². The van der Waals surface area contributed by atoms with E-state index >= 15 is 0 Å².